The molecule has 0 aliphatic heterocycles. The molecule has 0 aliphatic carbocycles. The van der Waals surface area contributed by atoms with E-state index < -0.39 is 0 Å². The summed E-state index contributed by atoms with van der Waals surface area (Å²) in [5, 5.41) is 3.15. The topological polar surface area (TPSA) is 38.1 Å². The molecule has 0 fully saturated rings. The van der Waals surface area contributed by atoms with Crippen molar-refractivity contribution in [3.8, 4) is 0 Å². The van der Waals surface area contributed by atoms with Gasteiger partial charge in [-0.25, -0.2) is 4.98 Å². The number of nitrogens with zero attached hydrogens (tertiary/aromatic N) is 1. The highest BCUT2D eigenvalue weighted by atomic mass is 16.3. The van der Waals surface area contributed by atoms with E-state index in [4.69, 9.17) is 4.42 Å². The van der Waals surface area contributed by atoms with Crippen molar-refractivity contribution >= 4 is 11.1 Å². The molecule has 1 aromatic heterocycles. The number of likely N-dealkylation sites (N-methyl/N-ethyl adjacent to an activating group) is 1. The molecule has 1 aromatic carbocycles. The van der Waals surface area contributed by atoms with Crippen molar-refractivity contribution in [2.45, 2.75) is 32.6 Å². The Balaban J connectivity index is 2.34. The van der Waals surface area contributed by atoms with E-state index in [-0.39, 0.29) is 5.41 Å². The molecule has 3 nitrogen and oxygen atoms in total. The summed E-state index contributed by atoms with van der Waals surface area (Å²) in [5.74, 6) is 0.804. The Morgan fingerprint density at radius 1 is 1.29 bits per heavy atom. The summed E-state index contributed by atoms with van der Waals surface area (Å²) >= 11 is 0. The number of benzene rings is 1. The molecular formula is C14H20N2O. The highest BCUT2D eigenvalue weighted by Crippen LogP contribution is 2.26. The molecule has 17 heavy (non-hydrogen) atoms. The fourth-order valence-corrected chi connectivity index (χ4v) is 1.72. The quantitative estimate of drug-likeness (QED) is 0.884. The Morgan fingerprint density at radius 2 is 2.06 bits per heavy atom. The minimum Gasteiger partial charge on any atom is -0.440 e. The Bertz CT molecular complexity index is 508. The summed E-state index contributed by atoms with van der Waals surface area (Å²) in [6.07, 6.45) is 1.02. The van der Waals surface area contributed by atoms with E-state index in [1.165, 1.54) is 5.56 Å². The van der Waals surface area contributed by atoms with Crippen molar-refractivity contribution in [3.63, 3.8) is 0 Å². The maximum absolute atomic E-state index is 5.77. The molecule has 0 saturated heterocycles. The van der Waals surface area contributed by atoms with Gasteiger partial charge in [0.05, 0.1) is 0 Å². The molecule has 0 amide bonds. The van der Waals surface area contributed by atoms with Gasteiger partial charge in [0, 0.05) is 5.41 Å². The summed E-state index contributed by atoms with van der Waals surface area (Å²) in [7, 11) is 1.96. The minimum atomic E-state index is -0.0375. The SMILES string of the molecule is CNCCc1ccc2oc(C(C)(C)C)nc2c1. The molecule has 0 unspecified atom stereocenters. The molecule has 0 bridgehead atoms. The van der Waals surface area contributed by atoms with Crippen LogP contribution in [0.15, 0.2) is 22.6 Å². The molecule has 0 radical (unpaired) electrons. The highest BCUT2D eigenvalue weighted by molar-refractivity contribution is 5.73. The van der Waals surface area contributed by atoms with Crippen molar-refractivity contribution in [1.29, 1.82) is 0 Å². The second kappa shape index (κ2) is 4.49. The van der Waals surface area contributed by atoms with Crippen LogP contribution in [-0.2, 0) is 11.8 Å². The molecule has 0 spiro atoms. The smallest absolute Gasteiger partial charge is 0.200 e. The zero-order valence-electron chi connectivity index (χ0n) is 11.0. The Kier molecular flexibility index (Phi) is 3.20. The molecular weight excluding hydrogens is 212 g/mol. The van der Waals surface area contributed by atoms with Crippen LogP contribution in [0.5, 0.6) is 0 Å². The molecule has 3 heteroatoms. The van der Waals surface area contributed by atoms with E-state index in [1.54, 1.807) is 0 Å². The van der Waals surface area contributed by atoms with E-state index in [2.05, 4.69) is 43.2 Å². The third kappa shape index (κ3) is 2.67. The first-order chi connectivity index (χ1) is 8.00. The largest absolute Gasteiger partial charge is 0.440 e. The first-order valence-electron chi connectivity index (χ1n) is 6.05. The molecule has 2 aromatic rings. The summed E-state index contributed by atoms with van der Waals surface area (Å²) in [4.78, 5) is 4.57. The van der Waals surface area contributed by atoms with Crippen LogP contribution < -0.4 is 5.32 Å². The minimum absolute atomic E-state index is 0.0375. The second-order valence-corrected chi connectivity index (χ2v) is 5.42. The lowest BCUT2D eigenvalue weighted by Gasteiger charge is -2.11. The lowest BCUT2D eigenvalue weighted by Crippen LogP contribution is -2.11. The van der Waals surface area contributed by atoms with Crippen molar-refractivity contribution in [3.05, 3.63) is 29.7 Å². The van der Waals surface area contributed by atoms with Crippen molar-refractivity contribution in [2.24, 2.45) is 0 Å². The summed E-state index contributed by atoms with van der Waals surface area (Å²) in [6, 6.07) is 6.24. The van der Waals surface area contributed by atoms with Crippen LogP contribution in [0, 0.1) is 0 Å². The van der Waals surface area contributed by atoms with E-state index in [1.807, 2.05) is 13.1 Å². The van der Waals surface area contributed by atoms with Crippen LogP contribution in [0.1, 0.15) is 32.2 Å². The predicted molar refractivity (Wildman–Crippen MR) is 70.3 cm³/mol. The average Bonchev–Trinajstić information content (AvgIpc) is 2.68. The van der Waals surface area contributed by atoms with Crippen LogP contribution in [0.2, 0.25) is 0 Å². The average molecular weight is 232 g/mol. The molecule has 92 valence electrons. The first kappa shape index (κ1) is 12.1. The number of oxazole rings is 1. The van der Waals surface area contributed by atoms with E-state index in [0.29, 0.717) is 0 Å². The van der Waals surface area contributed by atoms with E-state index >= 15 is 0 Å². The fraction of sp³-hybridized carbons (Fsp3) is 0.500. The maximum Gasteiger partial charge on any atom is 0.200 e. The maximum atomic E-state index is 5.77. The standard InChI is InChI=1S/C14H20N2O/c1-14(2,3)13-16-11-9-10(7-8-15-4)5-6-12(11)17-13/h5-6,9,15H,7-8H2,1-4H3. The van der Waals surface area contributed by atoms with Crippen LogP contribution in [0.3, 0.4) is 0 Å². The van der Waals surface area contributed by atoms with Gasteiger partial charge in [-0.15, -0.1) is 0 Å². The van der Waals surface area contributed by atoms with Crippen molar-refractivity contribution < 1.29 is 4.42 Å². The van der Waals surface area contributed by atoms with Crippen LogP contribution in [0.25, 0.3) is 11.1 Å². The van der Waals surface area contributed by atoms with E-state index in [0.717, 1.165) is 30.0 Å². The van der Waals surface area contributed by atoms with Gasteiger partial charge in [0.15, 0.2) is 5.58 Å². The Labute approximate surface area is 102 Å². The number of hydrogen-bond donors (Lipinski definition) is 1. The molecule has 0 atom stereocenters. The molecule has 0 saturated carbocycles. The van der Waals surface area contributed by atoms with Crippen LogP contribution in [-0.4, -0.2) is 18.6 Å². The fourth-order valence-electron chi connectivity index (χ4n) is 1.72. The number of nitrogens with one attached hydrogen (secondary N) is 1. The highest BCUT2D eigenvalue weighted by Gasteiger charge is 2.20. The van der Waals surface area contributed by atoms with Crippen molar-refractivity contribution in [2.75, 3.05) is 13.6 Å². The monoisotopic (exact) mass is 232 g/mol. The third-order valence-corrected chi connectivity index (χ3v) is 2.76. The molecule has 1 N–H and O–H groups in total. The van der Waals surface area contributed by atoms with Gasteiger partial charge in [0.1, 0.15) is 5.52 Å². The summed E-state index contributed by atoms with van der Waals surface area (Å²) in [6.45, 7) is 7.31. The van der Waals surface area contributed by atoms with Crippen molar-refractivity contribution in [1.82, 2.24) is 10.3 Å². The molecule has 0 aliphatic rings. The number of aromatic nitrogens is 1. The van der Waals surface area contributed by atoms with Gasteiger partial charge in [-0.2, -0.15) is 0 Å². The zero-order valence-corrected chi connectivity index (χ0v) is 11.0. The van der Waals surface area contributed by atoms with Crippen LogP contribution in [0.4, 0.5) is 0 Å². The van der Waals surface area contributed by atoms with Gasteiger partial charge in [0.2, 0.25) is 5.89 Å². The number of fused-ring (bicyclic) bond motifs is 1. The Hall–Kier alpha value is -1.35. The summed E-state index contributed by atoms with van der Waals surface area (Å²) < 4.78 is 5.77. The van der Waals surface area contributed by atoms with Crippen LogP contribution >= 0.6 is 0 Å². The number of hydrogen-bond acceptors (Lipinski definition) is 3. The third-order valence-electron chi connectivity index (χ3n) is 2.76. The number of rotatable bonds is 3. The normalized spacial score (nSPS) is 12.2. The first-order valence-corrected chi connectivity index (χ1v) is 6.05. The van der Waals surface area contributed by atoms with Gasteiger partial charge in [-0.1, -0.05) is 26.8 Å². The zero-order chi connectivity index (χ0) is 12.5. The van der Waals surface area contributed by atoms with Gasteiger partial charge in [0.25, 0.3) is 0 Å². The molecule has 2 rings (SSSR count). The van der Waals surface area contributed by atoms with Gasteiger partial charge < -0.3 is 9.73 Å². The second-order valence-electron chi connectivity index (χ2n) is 5.42. The lowest BCUT2D eigenvalue weighted by atomic mass is 9.97. The van der Waals surface area contributed by atoms with Gasteiger partial charge >= 0.3 is 0 Å². The lowest BCUT2D eigenvalue weighted by molar-refractivity contribution is 0.411. The van der Waals surface area contributed by atoms with Gasteiger partial charge in [-0.3, -0.25) is 0 Å². The predicted octanol–water partition coefficient (Wildman–Crippen LogP) is 2.89. The molecule has 1 heterocycles. The van der Waals surface area contributed by atoms with Gasteiger partial charge in [-0.05, 0) is 37.7 Å². The Morgan fingerprint density at radius 3 is 2.71 bits per heavy atom. The summed E-state index contributed by atoms with van der Waals surface area (Å²) in [5.41, 5.74) is 3.09. The van der Waals surface area contributed by atoms with E-state index in [9.17, 15) is 0 Å².